The summed E-state index contributed by atoms with van der Waals surface area (Å²) in [5.41, 5.74) is 1.05. The monoisotopic (exact) mass is 441 g/mol. The number of benzene rings is 1. The Morgan fingerprint density at radius 1 is 1.16 bits per heavy atom. The van der Waals surface area contributed by atoms with Crippen LogP contribution in [0.1, 0.15) is 12.8 Å². The second kappa shape index (κ2) is 8.22. The number of nitrogens with zero attached hydrogens (tertiary/aromatic N) is 6. The lowest BCUT2D eigenvalue weighted by Crippen LogP contribution is -2.48. The molecule has 5 rings (SSSR count). The first-order valence-electron chi connectivity index (χ1n) is 10.3. The van der Waals surface area contributed by atoms with E-state index in [2.05, 4.69) is 30.5 Å². The van der Waals surface area contributed by atoms with Gasteiger partial charge in [-0.05, 0) is 42.9 Å². The van der Waals surface area contributed by atoms with Gasteiger partial charge < -0.3 is 19.7 Å². The standard InChI is InChI=1S/C21H24ClN7O2/c1-28-21(31-17-5-3-4-15(22)8-17)25-20(27-28)24-19-13-6-7-14(19)12-29(11-13)16-9-18(30-2)26-23-10-16/h3-5,8-10,13-14,19H,6-7,11-12H2,1-2H3,(H,24,27)/t13-,14+,19+. The third kappa shape index (κ3) is 4.10. The molecule has 1 N–H and O–H groups in total. The summed E-state index contributed by atoms with van der Waals surface area (Å²) in [6.45, 7) is 1.89. The SMILES string of the molecule is COc1cc(N2C[C@H]3CC[C@@H](C2)[C@H]3Nc2nc(Oc3cccc(Cl)c3)n(C)n2)cnn1. The van der Waals surface area contributed by atoms with Crippen molar-refractivity contribution in [3.05, 3.63) is 41.6 Å². The number of piperidine rings is 1. The molecule has 1 aliphatic heterocycles. The quantitative estimate of drug-likeness (QED) is 0.622. The molecule has 0 radical (unpaired) electrons. The van der Waals surface area contributed by atoms with E-state index in [4.69, 9.17) is 21.1 Å². The second-order valence-electron chi connectivity index (χ2n) is 8.03. The van der Waals surface area contributed by atoms with Crippen molar-refractivity contribution in [2.45, 2.75) is 18.9 Å². The Morgan fingerprint density at radius 3 is 2.71 bits per heavy atom. The molecule has 0 amide bonds. The van der Waals surface area contributed by atoms with Crippen LogP contribution in [-0.4, -0.2) is 51.2 Å². The fraction of sp³-hybridized carbons (Fsp3) is 0.429. The number of anilines is 2. The highest BCUT2D eigenvalue weighted by Crippen LogP contribution is 2.40. The highest BCUT2D eigenvalue weighted by molar-refractivity contribution is 6.30. The highest BCUT2D eigenvalue weighted by Gasteiger charge is 2.42. The van der Waals surface area contributed by atoms with Crippen molar-refractivity contribution < 1.29 is 9.47 Å². The number of aromatic nitrogens is 5. The van der Waals surface area contributed by atoms with Gasteiger partial charge >= 0.3 is 6.01 Å². The minimum Gasteiger partial charge on any atom is -0.480 e. The van der Waals surface area contributed by atoms with Crippen LogP contribution in [0.5, 0.6) is 17.6 Å². The van der Waals surface area contributed by atoms with Gasteiger partial charge in [0.05, 0.1) is 19.0 Å². The lowest BCUT2D eigenvalue weighted by atomic mass is 9.92. The zero-order valence-corrected chi connectivity index (χ0v) is 18.2. The summed E-state index contributed by atoms with van der Waals surface area (Å²) >= 11 is 6.04. The van der Waals surface area contributed by atoms with Gasteiger partial charge in [0.1, 0.15) is 5.75 Å². The fourth-order valence-corrected chi connectivity index (χ4v) is 4.76. The first kappa shape index (κ1) is 19.9. The van der Waals surface area contributed by atoms with Crippen LogP contribution in [0.2, 0.25) is 5.02 Å². The van der Waals surface area contributed by atoms with Crippen molar-refractivity contribution in [1.82, 2.24) is 25.0 Å². The molecular formula is C21H24ClN7O2. The zero-order chi connectivity index (χ0) is 21.4. The summed E-state index contributed by atoms with van der Waals surface area (Å²) in [6, 6.07) is 9.93. The molecular weight excluding hydrogens is 418 g/mol. The maximum absolute atomic E-state index is 6.04. The molecule has 9 nitrogen and oxygen atoms in total. The van der Waals surface area contributed by atoms with Gasteiger partial charge in [-0.2, -0.15) is 10.1 Å². The largest absolute Gasteiger partial charge is 0.480 e. The second-order valence-corrected chi connectivity index (χ2v) is 8.47. The van der Waals surface area contributed by atoms with Crippen molar-refractivity contribution >= 4 is 23.2 Å². The van der Waals surface area contributed by atoms with Crippen molar-refractivity contribution in [2.75, 3.05) is 30.4 Å². The predicted molar refractivity (Wildman–Crippen MR) is 117 cm³/mol. The average Bonchev–Trinajstić information content (AvgIpc) is 3.21. The first-order valence-corrected chi connectivity index (χ1v) is 10.7. The number of ether oxygens (including phenoxy) is 2. The molecule has 2 aliphatic rings. The van der Waals surface area contributed by atoms with Gasteiger partial charge in [0, 0.05) is 37.3 Å². The Labute approximate surface area is 185 Å². The average molecular weight is 442 g/mol. The lowest BCUT2D eigenvalue weighted by Gasteiger charge is -2.39. The van der Waals surface area contributed by atoms with Gasteiger partial charge in [-0.25, -0.2) is 4.68 Å². The maximum atomic E-state index is 6.04. The summed E-state index contributed by atoms with van der Waals surface area (Å²) in [7, 11) is 3.43. The number of halogens is 1. The van der Waals surface area contributed by atoms with Gasteiger partial charge in [0.25, 0.3) is 0 Å². The third-order valence-corrected chi connectivity index (χ3v) is 6.28. The van der Waals surface area contributed by atoms with E-state index >= 15 is 0 Å². The molecule has 2 bridgehead atoms. The Kier molecular flexibility index (Phi) is 5.27. The molecule has 2 fully saturated rings. The number of aryl methyl sites for hydroxylation is 1. The fourth-order valence-electron chi connectivity index (χ4n) is 4.58. The highest BCUT2D eigenvalue weighted by atomic mass is 35.5. The van der Waals surface area contributed by atoms with E-state index in [1.54, 1.807) is 30.1 Å². The molecule has 1 aliphatic carbocycles. The molecule has 1 saturated heterocycles. The number of nitrogens with one attached hydrogen (secondary N) is 1. The van der Waals surface area contributed by atoms with E-state index in [1.807, 2.05) is 25.2 Å². The molecule has 3 heterocycles. The summed E-state index contributed by atoms with van der Waals surface area (Å²) in [4.78, 5) is 6.92. The molecule has 3 aromatic rings. The van der Waals surface area contributed by atoms with Crippen LogP contribution >= 0.6 is 11.6 Å². The smallest absolute Gasteiger partial charge is 0.321 e. The molecule has 31 heavy (non-hydrogen) atoms. The number of methoxy groups -OCH3 is 1. The molecule has 3 atom stereocenters. The van der Waals surface area contributed by atoms with Crippen LogP contribution in [0.15, 0.2) is 36.5 Å². The van der Waals surface area contributed by atoms with E-state index in [1.165, 1.54) is 12.8 Å². The van der Waals surface area contributed by atoms with Crippen LogP contribution in [0.3, 0.4) is 0 Å². The van der Waals surface area contributed by atoms with Crippen LogP contribution in [-0.2, 0) is 7.05 Å². The predicted octanol–water partition coefficient (Wildman–Crippen LogP) is 3.39. The van der Waals surface area contributed by atoms with Crippen LogP contribution in [0.25, 0.3) is 0 Å². The van der Waals surface area contributed by atoms with Crippen LogP contribution in [0.4, 0.5) is 11.6 Å². The lowest BCUT2D eigenvalue weighted by molar-refractivity contribution is 0.373. The number of hydrogen-bond donors (Lipinski definition) is 1. The molecule has 0 spiro atoms. The minimum absolute atomic E-state index is 0.328. The maximum Gasteiger partial charge on any atom is 0.321 e. The van der Waals surface area contributed by atoms with Crippen LogP contribution < -0.4 is 19.7 Å². The Morgan fingerprint density at radius 2 is 1.97 bits per heavy atom. The minimum atomic E-state index is 0.328. The number of rotatable bonds is 6. The molecule has 1 saturated carbocycles. The Hall–Kier alpha value is -3.07. The van der Waals surface area contributed by atoms with E-state index in [0.29, 0.717) is 46.5 Å². The van der Waals surface area contributed by atoms with Crippen molar-refractivity contribution in [3.63, 3.8) is 0 Å². The summed E-state index contributed by atoms with van der Waals surface area (Å²) in [6.07, 6.45) is 4.15. The van der Waals surface area contributed by atoms with Gasteiger partial charge in [0.15, 0.2) is 0 Å². The van der Waals surface area contributed by atoms with Gasteiger partial charge in [0.2, 0.25) is 11.8 Å². The van der Waals surface area contributed by atoms with Gasteiger partial charge in [-0.1, -0.05) is 17.7 Å². The number of hydrogen-bond acceptors (Lipinski definition) is 8. The van der Waals surface area contributed by atoms with Crippen LogP contribution in [0, 0.1) is 11.8 Å². The molecule has 0 unspecified atom stereocenters. The molecule has 2 aromatic heterocycles. The molecule has 1 aromatic carbocycles. The van der Waals surface area contributed by atoms with Crippen molar-refractivity contribution in [1.29, 1.82) is 0 Å². The zero-order valence-electron chi connectivity index (χ0n) is 17.4. The Balaban J connectivity index is 1.27. The number of fused-ring (bicyclic) bond motifs is 2. The van der Waals surface area contributed by atoms with Crippen molar-refractivity contribution in [3.8, 4) is 17.6 Å². The summed E-state index contributed by atoms with van der Waals surface area (Å²) in [5, 5.41) is 16.7. The van der Waals surface area contributed by atoms with E-state index in [-0.39, 0.29) is 0 Å². The van der Waals surface area contributed by atoms with E-state index < -0.39 is 0 Å². The summed E-state index contributed by atoms with van der Waals surface area (Å²) < 4.78 is 12.7. The van der Waals surface area contributed by atoms with Gasteiger partial charge in [-0.3, -0.25) is 0 Å². The molecule has 10 heteroatoms. The summed E-state index contributed by atoms with van der Waals surface area (Å²) in [5.74, 6) is 2.75. The normalized spacial score (nSPS) is 22.4. The van der Waals surface area contributed by atoms with Crippen molar-refractivity contribution in [2.24, 2.45) is 18.9 Å². The van der Waals surface area contributed by atoms with E-state index in [9.17, 15) is 0 Å². The topological polar surface area (TPSA) is 90.2 Å². The first-order chi connectivity index (χ1) is 15.1. The Bertz CT molecular complexity index is 1060. The van der Waals surface area contributed by atoms with Gasteiger partial charge in [-0.15, -0.1) is 10.2 Å². The molecule has 162 valence electrons. The third-order valence-electron chi connectivity index (χ3n) is 6.05. The van der Waals surface area contributed by atoms with E-state index in [0.717, 1.165) is 18.8 Å².